The second-order valence-electron chi connectivity index (χ2n) is 6.20. The van der Waals surface area contributed by atoms with Crippen LogP contribution < -0.4 is 10.6 Å². The highest BCUT2D eigenvalue weighted by Crippen LogP contribution is 2.20. The number of carbonyl (C=O) groups excluding carboxylic acids is 2. The van der Waals surface area contributed by atoms with Gasteiger partial charge in [-0.15, -0.1) is 0 Å². The van der Waals surface area contributed by atoms with Gasteiger partial charge in [0.2, 0.25) is 0 Å². The third kappa shape index (κ3) is 4.71. The molecule has 2 N–H and O–H groups in total. The van der Waals surface area contributed by atoms with E-state index in [0.717, 1.165) is 11.1 Å². The van der Waals surface area contributed by atoms with Crippen LogP contribution in [0.4, 0.5) is 11.4 Å². The van der Waals surface area contributed by atoms with Crippen molar-refractivity contribution in [2.24, 2.45) is 0 Å². The lowest BCUT2D eigenvalue weighted by atomic mass is 10.1. The lowest BCUT2D eigenvalue weighted by molar-refractivity contribution is 0.102. The van der Waals surface area contributed by atoms with Gasteiger partial charge in [0.1, 0.15) is 0 Å². The maximum absolute atomic E-state index is 12.5. The van der Waals surface area contributed by atoms with Crippen LogP contribution in [0.2, 0.25) is 5.02 Å². The van der Waals surface area contributed by atoms with E-state index < -0.39 is 0 Å². The smallest absolute Gasteiger partial charge is 0.257 e. The van der Waals surface area contributed by atoms with Gasteiger partial charge in [-0.2, -0.15) is 0 Å². The van der Waals surface area contributed by atoms with Gasteiger partial charge in [-0.25, -0.2) is 0 Å². The molecule has 2 amide bonds. The molecule has 1 aromatic heterocycles. The number of nitrogens with one attached hydrogen (secondary N) is 2. The summed E-state index contributed by atoms with van der Waals surface area (Å²) in [6, 6.07) is 14.2. The Hall–Kier alpha value is -3.18. The molecule has 0 saturated carbocycles. The third-order valence-corrected chi connectivity index (χ3v) is 4.41. The number of carbonyl (C=O) groups is 2. The number of nitrogens with zero attached hydrogens (tertiary/aromatic N) is 1. The molecule has 3 aromatic rings. The van der Waals surface area contributed by atoms with Gasteiger partial charge in [-0.1, -0.05) is 35.4 Å². The van der Waals surface area contributed by atoms with Crippen molar-refractivity contribution in [3.8, 4) is 0 Å². The van der Waals surface area contributed by atoms with Gasteiger partial charge in [0.15, 0.2) is 0 Å². The first kappa shape index (κ1) is 18.6. The molecular weight excluding hydrogens is 362 g/mol. The second kappa shape index (κ2) is 8.01. The van der Waals surface area contributed by atoms with Crippen molar-refractivity contribution in [2.45, 2.75) is 13.8 Å². The maximum atomic E-state index is 12.5. The summed E-state index contributed by atoms with van der Waals surface area (Å²) in [6.45, 7) is 3.85. The van der Waals surface area contributed by atoms with Crippen LogP contribution in [0.1, 0.15) is 31.8 Å². The molecule has 0 fully saturated rings. The maximum Gasteiger partial charge on any atom is 0.257 e. The van der Waals surface area contributed by atoms with E-state index in [0.29, 0.717) is 22.0 Å². The predicted molar refractivity (Wildman–Crippen MR) is 108 cm³/mol. The average Bonchev–Trinajstić information content (AvgIpc) is 2.66. The summed E-state index contributed by atoms with van der Waals surface area (Å²) in [4.78, 5) is 28.9. The molecule has 0 bridgehead atoms. The zero-order chi connectivity index (χ0) is 19.4. The Bertz CT molecular complexity index is 1000. The summed E-state index contributed by atoms with van der Waals surface area (Å²) in [7, 11) is 0. The van der Waals surface area contributed by atoms with Crippen LogP contribution in [0.25, 0.3) is 0 Å². The number of halogens is 1. The molecule has 0 aliphatic carbocycles. The molecular formula is C21H18ClN3O2. The fraction of sp³-hybridized carbons (Fsp3) is 0.0952. The number of anilines is 2. The van der Waals surface area contributed by atoms with Gasteiger partial charge in [-0.05, 0) is 49.7 Å². The van der Waals surface area contributed by atoms with Crippen molar-refractivity contribution in [1.29, 1.82) is 0 Å². The van der Waals surface area contributed by atoms with Gasteiger partial charge >= 0.3 is 0 Å². The van der Waals surface area contributed by atoms with E-state index in [1.165, 1.54) is 18.5 Å². The number of hydrogen-bond acceptors (Lipinski definition) is 3. The highest BCUT2D eigenvalue weighted by Gasteiger charge is 2.12. The lowest BCUT2D eigenvalue weighted by Crippen LogP contribution is -2.16. The number of hydrogen-bond donors (Lipinski definition) is 2. The zero-order valence-corrected chi connectivity index (χ0v) is 15.7. The number of benzene rings is 2. The molecule has 2 aromatic carbocycles. The predicted octanol–water partition coefficient (Wildman–Crippen LogP) is 4.86. The van der Waals surface area contributed by atoms with Crippen molar-refractivity contribution in [1.82, 2.24) is 4.98 Å². The van der Waals surface area contributed by atoms with Gasteiger partial charge in [0.05, 0.1) is 11.1 Å². The number of amides is 2. The van der Waals surface area contributed by atoms with Crippen molar-refractivity contribution >= 4 is 34.8 Å². The first-order valence-corrected chi connectivity index (χ1v) is 8.71. The van der Waals surface area contributed by atoms with E-state index in [-0.39, 0.29) is 17.4 Å². The van der Waals surface area contributed by atoms with E-state index in [1.54, 1.807) is 12.1 Å². The molecule has 0 saturated heterocycles. The Morgan fingerprint density at radius 2 is 1.37 bits per heavy atom. The second-order valence-corrected chi connectivity index (χ2v) is 6.61. The standard InChI is InChI=1S/C21H18ClN3O2/c1-13-3-6-17(7-4-13)24-20(26)15-9-16(12-23-11-15)21(27)25-18-8-5-14(2)19(22)10-18/h3-12H,1-2H3,(H,24,26)(H,25,27). The molecule has 136 valence electrons. The van der Waals surface area contributed by atoms with E-state index in [9.17, 15) is 9.59 Å². The molecule has 3 rings (SSSR count). The van der Waals surface area contributed by atoms with Crippen LogP contribution >= 0.6 is 11.6 Å². The fourth-order valence-corrected chi connectivity index (χ4v) is 2.58. The van der Waals surface area contributed by atoms with Crippen molar-refractivity contribution in [3.05, 3.63) is 88.2 Å². The molecule has 0 aliphatic heterocycles. The SMILES string of the molecule is Cc1ccc(NC(=O)c2cncc(C(=O)Nc3ccc(C)c(Cl)c3)c2)cc1. The van der Waals surface area contributed by atoms with Crippen molar-refractivity contribution < 1.29 is 9.59 Å². The van der Waals surface area contributed by atoms with Crippen LogP contribution in [0.3, 0.4) is 0 Å². The average molecular weight is 380 g/mol. The Balaban J connectivity index is 1.73. The summed E-state index contributed by atoms with van der Waals surface area (Å²) < 4.78 is 0. The molecule has 5 nitrogen and oxygen atoms in total. The molecule has 27 heavy (non-hydrogen) atoms. The number of rotatable bonds is 4. The molecule has 6 heteroatoms. The molecule has 0 radical (unpaired) electrons. The lowest BCUT2D eigenvalue weighted by Gasteiger charge is -2.09. The van der Waals surface area contributed by atoms with Gasteiger partial charge < -0.3 is 10.6 Å². The van der Waals surface area contributed by atoms with E-state index in [2.05, 4.69) is 15.6 Å². The fourth-order valence-electron chi connectivity index (χ4n) is 2.40. The first-order chi connectivity index (χ1) is 12.9. The quantitative estimate of drug-likeness (QED) is 0.680. The van der Waals surface area contributed by atoms with Crippen LogP contribution in [-0.2, 0) is 0 Å². The van der Waals surface area contributed by atoms with Crippen LogP contribution in [0.5, 0.6) is 0 Å². The van der Waals surface area contributed by atoms with E-state index >= 15 is 0 Å². The summed E-state index contributed by atoms with van der Waals surface area (Å²) in [5, 5.41) is 6.11. The summed E-state index contributed by atoms with van der Waals surface area (Å²) in [5.41, 5.74) is 3.85. The van der Waals surface area contributed by atoms with Gasteiger partial charge in [0, 0.05) is 28.8 Å². The molecule has 0 aliphatic rings. The summed E-state index contributed by atoms with van der Waals surface area (Å²) in [6.07, 6.45) is 2.83. The highest BCUT2D eigenvalue weighted by molar-refractivity contribution is 6.31. The summed E-state index contributed by atoms with van der Waals surface area (Å²) in [5.74, 6) is -0.702. The molecule has 0 spiro atoms. The monoisotopic (exact) mass is 379 g/mol. The number of pyridine rings is 1. The van der Waals surface area contributed by atoms with Crippen LogP contribution in [0, 0.1) is 13.8 Å². The van der Waals surface area contributed by atoms with Crippen LogP contribution in [-0.4, -0.2) is 16.8 Å². The van der Waals surface area contributed by atoms with Crippen LogP contribution in [0.15, 0.2) is 60.9 Å². The minimum atomic E-state index is -0.368. The Morgan fingerprint density at radius 1 is 0.815 bits per heavy atom. The van der Waals surface area contributed by atoms with Crippen molar-refractivity contribution in [3.63, 3.8) is 0 Å². The summed E-state index contributed by atoms with van der Waals surface area (Å²) >= 11 is 6.08. The molecule has 0 atom stereocenters. The molecule has 1 heterocycles. The van der Waals surface area contributed by atoms with Gasteiger partial charge in [0.25, 0.3) is 11.8 Å². The van der Waals surface area contributed by atoms with E-state index in [1.807, 2.05) is 44.2 Å². The number of aromatic nitrogens is 1. The molecule has 0 unspecified atom stereocenters. The van der Waals surface area contributed by atoms with Crippen molar-refractivity contribution in [2.75, 3.05) is 10.6 Å². The Labute approximate surface area is 162 Å². The zero-order valence-electron chi connectivity index (χ0n) is 14.9. The Morgan fingerprint density at radius 3 is 1.96 bits per heavy atom. The normalized spacial score (nSPS) is 10.3. The first-order valence-electron chi connectivity index (χ1n) is 8.33. The Kier molecular flexibility index (Phi) is 5.52. The minimum absolute atomic E-state index is 0.281. The topological polar surface area (TPSA) is 71.1 Å². The van der Waals surface area contributed by atoms with E-state index in [4.69, 9.17) is 11.6 Å². The highest BCUT2D eigenvalue weighted by atomic mass is 35.5. The third-order valence-electron chi connectivity index (χ3n) is 4.00. The largest absolute Gasteiger partial charge is 0.322 e. The minimum Gasteiger partial charge on any atom is -0.322 e. The van der Waals surface area contributed by atoms with Gasteiger partial charge in [-0.3, -0.25) is 14.6 Å². The number of aryl methyl sites for hydroxylation is 2.